The quantitative estimate of drug-likeness (QED) is 0.688. The van der Waals surface area contributed by atoms with E-state index < -0.39 is 17.6 Å². The minimum absolute atomic E-state index is 0.218. The van der Waals surface area contributed by atoms with Gasteiger partial charge in [-0.2, -0.15) is 5.10 Å². The summed E-state index contributed by atoms with van der Waals surface area (Å²) in [6.07, 6.45) is 0.343. The van der Waals surface area contributed by atoms with Crippen molar-refractivity contribution in [3.8, 4) is 0 Å². The van der Waals surface area contributed by atoms with Crippen LogP contribution in [0.1, 0.15) is 15.9 Å². The summed E-state index contributed by atoms with van der Waals surface area (Å²) in [4.78, 5) is 38.1. The van der Waals surface area contributed by atoms with E-state index >= 15 is 0 Å². The predicted molar refractivity (Wildman–Crippen MR) is 103 cm³/mol. The number of ketones is 1. The van der Waals surface area contributed by atoms with Gasteiger partial charge in [0.1, 0.15) is 12.6 Å². The summed E-state index contributed by atoms with van der Waals surface area (Å²) in [6.45, 7) is -0.218. The van der Waals surface area contributed by atoms with Gasteiger partial charge in [-0.15, -0.1) is 0 Å². The Bertz CT molecular complexity index is 1110. The van der Waals surface area contributed by atoms with Gasteiger partial charge in [0.25, 0.3) is 5.56 Å². The monoisotopic (exact) mass is 375 g/mol. The van der Waals surface area contributed by atoms with Gasteiger partial charge in [-0.05, 0) is 17.7 Å². The lowest BCUT2D eigenvalue weighted by Crippen LogP contribution is -2.37. The SMILES string of the molecule is O=C(Cn1nc(N2c3ccccc3C[C@H]2C(=O)O)ccc1=O)c1ccccc1. The van der Waals surface area contributed by atoms with Gasteiger partial charge in [0, 0.05) is 23.7 Å². The van der Waals surface area contributed by atoms with E-state index in [9.17, 15) is 19.5 Å². The van der Waals surface area contributed by atoms with Gasteiger partial charge in [-0.1, -0.05) is 48.5 Å². The second kappa shape index (κ2) is 7.11. The fourth-order valence-electron chi connectivity index (χ4n) is 3.40. The molecule has 7 heteroatoms. The maximum atomic E-state index is 12.5. The van der Waals surface area contributed by atoms with Crippen LogP contribution >= 0.6 is 0 Å². The molecule has 0 radical (unpaired) electrons. The molecule has 2 heterocycles. The summed E-state index contributed by atoms with van der Waals surface area (Å²) in [7, 11) is 0. The smallest absolute Gasteiger partial charge is 0.327 e. The van der Waals surface area contributed by atoms with Crippen LogP contribution in [0.15, 0.2) is 71.5 Å². The van der Waals surface area contributed by atoms with Crippen LogP contribution in [0, 0.1) is 0 Å². The van der Waals surface area contributed by atoms with Crippen molar-refractivity contribution in [2.75, 3.05) is 4.90 Å². The second-order valence-electron chi connectivity index (χ2n) is 6.53. The molecule has 1 aliphatic heterocycles. The number of carboxylic acids is 1. The Morgan fingerprint density at radius 3 is 2.46 bits per heavy atom. The van der Waals surface area contributed by atoms with Crippen LogP contribution in [0.4, 0.5) is 11.5 Å². The number of hydrogen-bond donors (Lipinski definition) is 1. The Labute approximate surface area is 160 Å². The topological polar surface area (TPSA) is 92.5 Å². The van der Waals surface area contributed by atoms with E-state index in [0.29, 0.717) is 17.8 Å². The summed E-state index contributed by atoms with van der Waals surface area (Å²) < 4.78 is 1.07. The highest BCUT2D eigenvalue weighted by atomic mass is 16.4. The van der Waals surface area contributed by atoms with E-state index in [0.717, 1.165) is 15.9 Å². The van der Waals surface area contributed by atoms with E-state index in [1.165, 1.54) is 12.1 Å². The van der Waals surface area contributed by atoms with Crippen molar-refractivity contribution in [3.05, 3.63) is 88.2 Å². The Morgan fingerprint density at radius 2 is 1.71 bits per heavy atom. The molecule has 2 aromatic carbocycles. The van der Waals surface area contributed by atoms with Crippen LogP contribution in [0.25, 0.3) is 0 Å². The third-order valence-corrected chi connectivity index (χ3v) is 4.75. The van der Waals surface area contributed by atoms with Crippen molar-refractivity contribution in [1.82, 2.24) is 9.78 Å². The molecule has 0 aliphatic carbocycles. The first-order valence-electron chi connectivity index (χ1n) is 8.81. The zero-order chi connectivity index (χ0) is 19.7. The van der Waals surface area contributed by atoms with Gasteiger partial charge >= 0.3 is 5.97 Å². The third-order valence-electron chi connectivity index (χ3n) is 4.75. The van der Waals surface area contributed by atoms with Crippen LogP contribution in [0.5, 0.6) is 0 Å². The number of benzene rings is 2. The van der Waals surface area contributed by atoms with Gasteiger partial charge < -0.3 is 10.0 Å². The molecular formula is C21H17N3O4. The minimum Gasteiger partial charge on any atom is -0.480 e. The molecule has 0 amide bonds. The molecule has 1 atom stereocenters. The fourth-order valence-corrected chi connectivity index (χ4v) is 3.40. The van der Waals surface area contributed by atoms with E-state index in [1.807, 2.05) is 24.3 Å². The standard InChI is InChI=1S/C21H17N3O4/c25-18(14-6-2-1-3-7-14)13-23-20(26)11-10-19(22-23)24-16-9-5-4-8-15(16)12-17(24)21(27)28/h1-11,17H,12-13H2,(H,27,28)/t17-/m0/s1. The van der Waals surface area contributed by atoms with Crippen LogP contribution in [-0.4, -0.2) is 32.7 Å². The Morgan fingerprint density at radius 1 is 1.00 bits per heavy atom. The number of Topliss-reactive ketones (excluding diaryl/α,β-unsaturated/α-hetero) is 1. The second-order valence-corrected chi connectivity index (χ2v) is 6.53. The summed E-state index contributed by atoms with van der Waals surface area (Å²) in [6, 6.07) is 18.0. The number of nitrogens with zero attached hydrogens (tertiary/aromatic N) is 3. The number of para-hydroxylation sites is 1. The molecular weight excluding hydrogens is 358 g/mol. The van der Waals surface area contributed by atoms with Gasteiger partial charge in [-0.3, -0.25) is 9.59 Å². The number of fused-ring (bicyclic) bond motifs is 1. The number of carbonyl (C=O) groups is 2. The van der Waals surface area contributed by atoms with Crippen LogP contribution < -0.4 is 10.5 Å². The molecule has 140 valence electrons. The molecule has 1 N–H and O–H groups in total. The Hall–Kier alpha value is -3.74. The molecule has 4 rings (SSSR count). The van der Waals surface area contributed by atoms with Crippen molar-refractivity contribution in [2.45, 2.75) is 19.0 Å². The Balaban J connectivity index is 1.71. The van der Waals surface area contributed by atoms with Crippen LogP contribution in [0.3, 0.4) is 0 Å². The Kier molecular flexibility index (Phi) is 4.49. The largest absolute Gasteiger partial charge is 0.480 e. The lowest BCUT2D eigenvalue weighted by molar-refractivity contribution is -0.138. The van der Waals surface area contributed by atoms with Gasteiger partial charge in [-0.25, -0.2) is 9.48 Å². The number of aromatic nitrogens is 2. The van der Waals surface area contributed by atoms with Gasteiger partial charge in [0.2, 0.25) is 0 Å². The number of anilines is 2. The molecule has 1 aliphatic rings. The molecule has 7 nitrogen and oxygen atoms in total. The van der Waals surface area contributed by atoms with Crippen LogP contribution in [0.2, 0.25) is 0 Å². The normalized spacial score (nSPS) is 15.3. The molecule has 0 spiro atoms. The lowest BCUT2D eigenvalue weighted by atomic mass is 10.1. The van der Waals surface area contributed by atoms with E-state index in [2.05, 4.69) is 5.10 Å². The summed E-state index contributed by atoms with van der Waals surface area (Å²) in [5.41, 5.74) is 1.70. The number of rotatable bonds is 5. The van der Waals surface area contributed by atoms with Gasteiger partial charge in [0.05, 0.1) is 0 Å². The highest BCUT2D eigenvalue weighted by Gasteiger charge is 2.36. The summed E-state index contributed by atoms with van der Waals surface area (Å²) in [5, 5.41) is 13.9. The lowest BCUT2D eigenvalue weighted by Gasteiger charge is -2.24. The van der Waals surface area contributed by atoms with Gasteiger partial charge in [0.15, 0.2) is 11.6 Å². The number of aliphatic carboxylic acids is 1. The predicted octanol–water partition coefficient (Wildman–Crippen LogP) is 2.27. The van der Waals surface area contributed by atoms with E-state index in [4.69, 9.17) is 0 Å². The summed E-state index contributed by atoms with van der Waals surface area (Å²) in [5.74, 6) is -0.905. The number of carbonyl (C=O) groups excluding carboxylic acids is 1. The first-order chi connectivity index (χ1) is 13.5. The molecule has 0 saturated heterocycles. The third kappa shape index (κ3) is 3.18. The van der Waals surface area contributed by atoms with Crippen molar-refractivity contribution in [2.24, 2.45) is 0 Å². The van der Waals surface area contributed by atoms with Crippen molar-refractivity contribution < 1.29 is 14.7 Å². The van der Waals surface area contributed by atoms with E-state index in [1.54, 1.807) is 35.2 Å². The molecule has 0 bridgehead atoms. The van der Waals surface area contributed by atoms with Crippen molar-refractivity contribution >= 4 is 23.3 Å². The zero-order valence-corrected chi connectivity index (χ0v) is 14.9. The highest BCUT2D eigenvalue weighted by molar-refractivity contribution is 5.95. The first-order valence-corrected chi connectivity index (χ1v) is 8.81. The van der Waals surface area contributed by atoms with Crippen molar-refractivity contribution in [1.29, 1.82) is 0 Å². The maximum Gasteiger partial charge on any atom is 0.327 e. The van der Waals surface area contributed by atoms with E-state index in [-0.39, 0.29) is 12.3 Å². The number of carboxylic acid groups (broad SMARTS) is 1. The molecule has 0 fully saturated rings. The number of hydrogen-bond acceptors (Lipinski definition) is 5. The highest BCUT2D eigenvalue weighted by Crippen LogP contribution is 2.37. The molecule has 0 unspecified atom stereocenters. The fraction of sp³-hybridized carbons (Fsp3) is 0.143. The van der Waals surface area contributed by atoms with Crippen LogP contribution in [-0.2, 0) is 17.8 Å². The average Bonchev–Trinajstić information content (AvgIpc) is 3.10. The zero-order valence-electron chi connectivity index (χ0n) is 14.9. The molecule has 1 aromatic heterocycles. The molecule has 0 saturated carbocycles. The minimum atomic E-state index is -0.976. The first kappa shape index (κ1) is 17.7. The maximum absolute atomic E-state index is 12.5. The summed E-state index contributed by atoms with van der Waals surface area (Å²) >= 11 is 0. The average molecular weight is 375 g/mol. The molecule has 28 heavy (non-hydrogen) atoms. The molecule has 3 aromatic rings. The van der Waals surface area contributed by atoms with Crippen molar-refractivity contribution in [3.63, 3.8) is 0 Å².